The highest BCUT2D eigenvalue weighted by Crippen LogP contribution is 2.23. The maximum absolute atomic E-state index is 5.43. The summed E-state index contributed by atoms with van der Waals surface area (Å²) < 4.78 is 5.43. The van der Waals surface area contributed by atoms with Gasteiger partial charge < -0.3 is 15.0 Å². The van der Waals surface area contributed by atoms with Crippen molar-refractivity contribution in [2.24, 2.45) is 0 Å². The molecule has 0 aliphatic carbocycles. The van der Waals surface area contributed by atoms with Gasteiger partial charge in [-0.05, 0) is 25.3 Å². The minimum Gasteiger partial charge on any atom is -0.378 e. The molecule has 2 aromatic rings. The summed E-state index contributed by atoms with van der Waals surface area (Å²) in [6.45, 7) is 7.79. The van der Waals surface area contributed by atoms with E-state index < -0.39 is 0 Å². The third-order valence-electron chi connectivity index (χ3n) is 5.58. The summed E-state index contributed by atoms with van der Waals surface area (Å²) in [5.41, 5.74) is 1.39. The number of nitrogens with zero attached hydrogens (tertiary/aromatic N) is 4. The van der Waals surface area contributed by atoms with Crippen LogP contribution in [0.2, 0.25) is 0 Å². The van der Waals surface area contributed by atoms with E-state index in [1.165, 1.54) is 5.56 Å². The Balaban J connectivity index is 1.33. The molecule has 6 nitrogen and oxygen atoms in total. The molecule has 1 aromatic carbocycles. The number of piperidine rings is 1. The molecule has 2 saturated heterocycles. The molecule has 4 rings (SSSR count). The lowest BCUT2D eigenvalue weighted by molar-refractivity contribution is 0.122. The van der Waals surface area contributed by atoms with Crippen LogP contribution in [0.15, 0.2) is 42.7 Å². The Morgan fingerprint density at radius 2 is 1.93 bits per heavy atom. The zero-order valence-electron chi connectivity index (χ0n) is 16.1. The van der Waals surface area contributed by atoms with Crippen LogP contribution in [-0.4, -0.2) is 59.8 Å². The molecule has 2 aliphatic rings. The number of hydrogen-bond donors (Lipinski definition) is 1. The van der Waals surface area contributed by atoms with Gasteiger partial charge in [0.05, 0.1) is 13.2 Å². The zero-order chi connectivity index (χ0) is 18.5. The molecule has 0 spiro atoms. The van der Waals surface area contributed by atoms with Crippen LogP contribution in [0.1, 0.15) is 25.3 Å². The summed E-state index contributed by atoms with van der Waals surface area (Å²) in [6, 6.07) is 13.8. The maximum atomic E-state index is 5.43. The molecule has 0 radical (unpaired) electrons. The van der Waals surface area contributed by atoms with E-state index in [4.69, 9.17) is 4.74 Å². The lowest BCUT2D eigenvalue weighted by Gasteiger charge is -2.38. The molecular weight excluding hydrogens is 338 g/mol. The smallest absolute Gasteiger partial charge is 0.134 e. The molecule has 1 N–H and O–H groups in total. The van der Waals surface area contributed by atoms with Crippen molar-refractivity contribution < 1.29 is 4.74 Å². The fraction of sp³-hybridized carbons (Fsp3) is 0.524. The quantitative estimate of drug-likeness (QED) is 0.877. The first kappa shape index (κ1) is 18.2. The standard InChI is InChI=1S/C21H29N5O/c1-17-13-19(7-8-26(17)15-18-5-3-2-4-6-18)24-20-14-21(23-16-22-20)25-9-11-27-12-10-25/h2-6,14,16-17,19H,7-13,15H2,1H3,(H,22,23,24). The van der Waals surface area contributed by atoms with Crippen molar-refractivity contribution in [2.45, 2.75) is 38.4 Å². The monoisotopic (exact) mass is 367 g/mol. The van der Waals surface area contributed by atoms with Crippen LogP contribution in [0.4, 0.5) is 11.6 Å². The first-order chi connectivity index (χ1) is 13.3. The second-order valence-corrected chi connectivity index (χ2v) is 7.53. The van der Waals surface area contributed by atoms with Gasteiger partial charge in [0.25, 0.3) is 0 Å². The number of aromatic nitrogens is 2. The lowest BCUT2D eigenvalue weighted by atomic mass is 9.97. The molecular formula is C21H29N5O. The van der Waals surface area contributed by atoms with Gasteiger partial charge in [0.15, 0.2) is 0 Å². The zero-order valence-corrected chi connectivity index (χ0v) is 16.1. The fourth-order valence-corrected chi connectivity index (χ4v) is 4.01. The predicted molar refractivity (Wildman–Crippen MR) is 108 cm³/mol. The Hall–Kier alpha value is -2.18. The number of ether oxygens (including phenoxy) is 1. The van der Waals surface area contributed by atoms with Crippen molar-refractivity contribution in [1.29, 1.82) is 0 Å². The Kier molecular flexibility index (Phi) is 5.84. The molecule has 6 heteroatoms. The Bertz CT molecular complexity index is 720. The highest BCUT2D eigenvalue weighted by atomic mass is 16.5. The number of rotatable bonds is 5. The first-order valence-corrected chi connectivity index (χ1v) is 9.97. The molecule has 0 amide bonds. The number of morpholine rings is 1. The molecule has 0 bridgehead atoms. The molecule has 3 heterocycles. The summed E-state index contributed by atoms with van der Waals surface area (Å²) >= 11 is 0. The number of hydrogen-bond acceptors (Lipinski definition) is 6. The Labute approximate surface area is 161 Å². The summed E-state index contributed by atoms with van der Waals surface area (Å²) in [5.74, 6) is 1.92. The van der Waals surface area contributed by atoms with Crippen molar-refractivity contribution in [3.63, 3.8) is 0 Å². The molecule has 2 unspecified atom stereocenters. The van der Waals surface area contributed by atoms with Gasteiger partial charge in [-0.1, -0.05) is 30.3 Å². The van der Waals surface area contributed by atoms with Crippen molar-refractivity contribution >= 4 is 11.6 Å². The molecule has 2 fully saturated rings. The van der Waals surface area contributed by atoms with Gasteiger partial charge in [-0.3, -0.25) is 4.90 Å². The first-order valence-electron chi connectivity index (χ1n) is 9.97. The average Bonchev–Trinajstić information content (AvgIpc) is 2.72. The van der Waals surface area contributed by atoms with Crippen LogP contribution >= 0.6 is 0 Å². The van der Waals surface area contributed by atoms with Crippen molar-refractivity contribution in [3.8, 4) is 0 Å². The van der Waals surface area contributed by atoms with E-state index in [9.17, 15) is 0 Å². The van der Waals surface area contributed by atoms with Crippen LogP contribution in [0, 0.1) is 0 Å². The second kappa shape index (κ2) is 8.67. The number of nitrogens with one attached hydrogen (secondary N) is 1. The third kappa shape index (κ3) is 4.76. The van der Waals surface area contributed by atoms with Crippen LogP contribution in [0.3, 0.4) is 0 Å². The van der Waals surface area contributed by atoms with Gasteiger partial charge in [0.2, 0.25) is 0 Å². The molecule has 0 saturated carbocycles. The van der Waals surface area contributed by atoms with Crippen LogP contribution in [-0.2, 0) is 11.3 Å². The molecule has 2 aliphatic heterocycles. The normalized spacial score (nSPS) is 24.0. The summed E-state index contributed by atoms with van der Waals surface area (Å²) in [5, 5.41) is 3.64. The van der Waals surface area contributed by atoms with Gasteiger partial charge in [-0.25, -0.2) is 9.97 Å². The van der Waals surface area contributed by atoms with E-state index in [-0.39, 0.29) is 0 Å². The largest absolute Gasteiger partial charge is 0.378 e. The predicted octanol–water partition coefficient (Wildman–Crippen LogP) is 2.78. The number of likely N-dealkylation sites (tertiary alicyclic amines) is 1. The van der Waals surface area contributed by atoms with E-state index in [1.54, 1.807) is 6.33 Å². The average molecular weight is 367 g/mol. The van der Waals surface area contributed by atoms with E-state index in [2.05, 4.69) is 68.4 Å². The summed E-state index contributed by atoms with van der Waals surface area (Å²) in [7, 11) is 0. The maximum Gasteiger partial charge on any atom is 0.134 e. The molecule has 27 heavy (non-hydrogen) atoms. The highest BCUT2D eigenvalue weighted by molar-refractivity contribution is 5.49. The van der Waals surface area contributed by atoms with Crippen molar-refractivity contribution in [2.75, 3.05) is 43.1 Å². The number of benzene rings is 1. The SMILES string of the molecule is CC1CC(Nc2cc(N3CCOCC3)ncn2)CCN1Cc1ccccc1. The summed E-state index contributed by atoms with van der Waals surface area (Å²) in [6.07, 6.45) is 3.93. The van der Waals surface area contributed by atoms with Gasteiger partial charge in [-0.2, -0.15) is 0 Å². The van der Waals surface area contributed by atoms with Crippen molar-refractivity contribution in [1.82, 2.24) is 14.9 Å². The Morgan fingerprint density at radius 3 is 2.70 bits per heavy atom. The summed E-state index contributed by atoms with van der Waals surface area (Å²) in [4.78, 5) is 13.7. The number of anilines is 2. The topological polar surface area (TPSA) is 53.5 Å². The second-order valence-electron chi connectivity index (χ2n) is 7.53. The Morgan fingerprint density at radius 1 is 1.11 bits per heavy atom. The molecule has 144 valence electrons. The molecule has 2 atom stereocenters. The minimum absolute atomic E-state index is 0.458. The van der Waals surface area contributed by atoms with Crippen LogP contribution in [0.25, 0.3) is 0 Å². The van der Waals surface area contributed by atoms with Gasteiger partial charge in [-0.15, -0.1) is 0 Å². The minimum atomic E-state index is 0.458. The highest BCUT2D eigenvalue weighted by Gasteiger charge is 2.25. The lowest BCUT2D eigenvalue weighted by Crippen LogP contribution is -2.44. The van der Waals surface area contributed by atoms with E-state index in [0.29, 0.717) is 12.1 Å². The van der Waals surface area contributed by atoms with Crippen LogP contribution in [0.5, 0.6) is 0 Å². The molecule has 1 aromatic heterocycles. The van der Waals surface area contributed by atoms with E-state index in [0.717, 1.165) is 63.9 Å². The fourth-order valence-electron chi connectivity index (χ4n) is 4.01. The van der Waals surface area contributed by atoms with Crippen molar-refractivity contribution in [3.05, 3.63) is 48.3 Å². The van der Waals surface area contributed by atoms with E-state index >= 15 is 0 Å². The third-order valence-corrected chi connectivity index (χ3v) is 5.58. The van der Waals surface area contributed by atoms with Gasteiger partial charge in [0.1, 0.15) is 18.0 Å². The van der Waals surface area contributed by atoms with Gasteiger partial charge in [0, 0.05) is 44.3 Å². The van der Waals surface area contributed by atoms with Gasteiger partial charge >= 0.3 is 0 Å². The van der Waals surface area contributed by atoms with Crippen LogP contribution < -0.4 is 10.2 Å². The van der Waals surface area contributed by atoms with E-state index in [1.807, 2.05) is 0 Å².